The van der Waals surface area contributed by atoms with Crippen LogP contribution in [0.15, 0.2) is 4.42 Å². The van der Waals surface area contributed by atoms with Crippen LogP contribution in [-0.4, -0.2) is 22.3 Å². The summed E-state index contributed by atoms with van der Waals surface area (Å²) >= 11 is 0. The maximum Gasteiger partial charge on any atom is 0.242 e. The van der Waals surface area contributed by atoms with E-state index in [1.807, 2.05) is 13.8 Å². The topological polar surface area (TPSA) is 74.2 Å². The van der Waals surface area contributed by atoms with Crippen molar-refractivity contribution in [3.63, 3.8) is 0 Å². The molecule has 1 aromatic rings. The smallest absolute Gasteiger partial charge is 0.242 e. The van der Waals surface area contributed by atoms with Crippen LogP contribution in [-0.2, 0) is 11.3 Å². The Morgan fingerprint density at radius 3 is 2.62 bits per heavy atom. The summed E-state index contributed by atoms with van der Waals surface area (Å²) < 4.78 is 10.4. The summed E-state index contributed by atoms with van der Waals surface area (Å²) in [5.74, 6) is 1.03. The molecule has 13 heavy (non-hydrogen) atoms. The standard InChI is InChI=1S/C8H15N3O2/c1-6-10-11-7(13-6)4-12-5-8(2,3)9/h4-5,9H2,1-3H3. The summed E-state index contributed by atoms with van der Waals surface area (Å²) in [4.78, 5) is 0. The first-order valence-electron chi connectivity index (χ1n) is 4.13. The van der Waals surface area contributed by atoms with Gasteiger partial charge < -0.3 is 14.9 Å². The highest BCUT2D eigenvalue weighted by Crippen LogP contribution is 2.02. The van der Waals surface area contributed by atoms with Crippen LogP contribution in [0.3, 0.4) is 0 Å². The molecule has 0 atom stereocenters. The van der Waals surface area contributed by atoms with Crippen LogP contribution in [0.4, 0.5) is 0 Å². The van der Waals surface area contributed by atoms with Gasteiger partial charge in [0.15, 0.2) is 0 Å². The maximum absolute atomic E-state index is 5.71. The zero-order chi connectivity index (χ0) is 9.90. The third-order valence-corrected chi connectivity index (χ3v) is 1.27. The molecule has 5 heteroatoms. The molecule has 0 saturated carbocycles. The predicted molar refractivity (Wildman–Crippen MR) is 47.0 cm³/mol. The van der Waals surface area contributed by atoms with E-state index >= 15 is 0 Å². The second-order valence-corrected chi connectivity index (χ2v) is 3.70. The first-order chi connectivity index (χ1) is 5.97. The Hall–Kier alpha value is -0.940. The third-order valence-electron chi connectivity index (χ3n) is 1.27. The molecule has 0 aliphatic rings. The summed E-state index contributed by atoms with van der Waals surface area (Å²) in [6.07, 6.45) is 0. The van der Waals surface area contributed by atoms with Crippen molar-refractivity contribution < 1.29 is 9.15 Å². The number of rotatable bonds is 4. The van der Waals surface area contributed by atoms with E-state index in [4.69, 9.17) is 14.9 Å². The predicted octanol–water partition coefficient (Wildman–Crippen LogP) is 0.632. The van der Waals surface area contributed by atoms with Crippen LogP contribution in [0, 0.1) is 6.92 Å². The van der Waals surface area contributed by atoms with Gasteiger partial charge in [-0.15, -0.1) is 10.2 Å². The summed E-state index contributed by atoms with van der Waals surface area (Å²) in [5.41, 5.74) is 5.39. The fraction of sp³-hybridized carbons (Fsp3) is 0.750. The van der Waals surface area contributed by atoms with Crippen molar-refractivity contribution in [3.05, 3.63) is 11.8 Å². The molecule has 1 heterocycles. The van der Waals surface area contributed by atoms with Gasteiger partial charge in [0.25, 0.3) is 0 Å². The molecule has 0 aromatic carbocycles. The molecule has 0 spiro atoms. The molecule has 0 amide bonds. The van der Waals surface area contributed by atoms with Gasteiger partial charge in [0, 0.05) is 12.5 Å². The lowest BCUT2D eigenvalue weighted by atomic mass is 10.1. The van der Waals surface area contributed by atoms with Gasteiger partial charge in [-0.2, -0.15) is 0 Å². The second-order valence-electron chi connectivity index (χ2n) is 3.70. The summed E-state index contributed by atoms with van der Waals surface area (Å²) in [7, 11) is 0. The van der Waals surface area contributed by atoms with E-state index in [1.54, 1.807) is 6.92 Å². The molecule has 2 N–H and O–H groups in total. The van der Waals surface area contributed by atoms with E-state index in [0.29, 0.717) is 25.0 Å². The molecule has 0 fully saturated rings. The Labute approximate surface area is 77.3 Å². The first-order valence-corrected chi connectivity index (χ1v) is 4.13. The van der Waals surface area contributed by atoms with Gasteiger partial charge >= 0.3 is 0 Å². The summed E-state index contributed by atoms with van der Waals surface area (Å²) in [6.45, 7) is 6.32. The molecular weight excluding hydrogens is 170 g/mol. The Morgan fingerprint density at radius 2 is 2.15 bits per heavy atom. The van der Waals surface area contributed by atoms with Crippen molar-refractivity contribution in [2.45, 2.75) is 32.9 Å². The molecule has 1 rings (SSSR count). The van der Waals surface area contributed by atoms with E-state index in [9.17, 15) is 0 Å². The molecule has 0 unspecified atom stereocenters. The van der Waals surface area contributed by atoms with Gasteiger partial charge in [0.05, 0.1) is 6.61 Å². The fourth-order valence-corrected chi connectivity index (χ4v) is 0.797. The quantitative estimate of drug-likeness (QED) is 0.744. The maximum atomic E-state index is 5.71. The summed E-state index contributed by atoms with van der Waals surface area (Å²) in [5, 5.41) is 7.46. The lowest BCUT2D eigenvalue weighted by Crippen LogP contribution is -2.37. The average molecular weight is 185 g/mol. The number of aryl methyl sites for hydroxylation is 1. The number of nitrogens with zero attached hydrogens (tertiary/aromatic N) is 2. The minimum absolute atomic E-state index is 0.321. The number of hydrogen-bond acceptors (Lipinski definition) is 5. The zero-order valence-corrected chi connectivity index (χ0v) is 8.20. The molecule has 0 radical (unpaired) electrons. The van der Waals surface area contributed by atoms with Crippen LogP contribution < -0.4 is 5.73 Å². The Morgan fingerprint density at radius 1 is 1.46 bits per heavy atom. The zero-order valence-electron chi connectivity index (χ0n) is 8.20. The number of hydrogen-bond donors (Lipinski definition) is 1. The molecule has 0 saturated heterocycles. The highest BCUT2D eigenvalue weighted by molar-refractivity contribution is 4.76. The highest BCUT2D eigenvalue weighted by atomic mass is 16.5. The van der Waals surface area contributed by atoms with Crippen molar-refractivity contribution in [1.29, 1.82) is 0 Å². The van der Waals surface area contributed by atoms with Crippen LogP contribution in [0.2, 0.25) is 0 Å². The lowest BCUT2D eigenvalue weighted by molar-refractivity contribution is 0.0704. The van der Waals surface area contributed by atoms with Gasteiger partial charge in [0.1, 0.15) is 6.61 Å². The minimum Gasteiger partial charge on any atom is -0.423 e. The van der Waals surface area contributed by atoms with Crippen molar-refractivity contribution in [1.82, 2.24) is 10.2 Å². The number of ether oxygens (including phenoxy) is 1. The average Bonchev–Trinajstić information content (AvgIpc) is 2.33. The van der Waals surface area contributed by atoms with Gasteiger partial charge in [-0.25, -0.2) is 0 Å². The van der Waals surface area contributed by atoms with Crippen molar-refractivity contribution in [2.75, 3.05) is 6.61 Å². The van der Waals surface area contributed by atoms with Crippen LogP contribution in [0.25, 0.3) is 0 Å². The van der Waals surface area contributed by atoms with Gasteiger partial charge in [-0.1, -0.05) is 0 Å². The van der Waals surface area contributed by atoms with Gasteiger partial charge in [-0.3, -0.25) is 0 Å². The first kappa shape index (κ1) is 10.1. The van der Waals surface area contributed by atoms with Gasteiger partial charge in [-0.05, 0) is 13.8 Å². The molecular formula is C8H15N3O2. The Bertz CT molecular complexity index is 265. The Balaban J connectivity index is 2.28. The second kappa shape index (κ2) is 3.85. The van der Waals surface area contributed by atoms with Crippen LogP contribution in [0.1, 0.15) is 25.6 Å². The highest BCUT2D eigenvalue weighted by Gasteiger charge is 2.11. The fourth-order valence-electron chi connectivity index (χ4n) is 0.797. The molecule has 0 aliphatic carbocycles. The van der Waals surface area contributed by atoms with E-state index in [1.165, 1.54) is 0 Å². The third kappa shape index (κ3) is 4.00. The SMILES string of the molecule is Cc1nnc(COCC(C)(C)N)o1. The minimum atomic E-state index is -0.324. The Kier molecular flexibility index (Phi) is 3.00. The van der Waals surface area contributed by atoms with E-state index in [0.717, 1.165) is 0 Å². The van der Waals surface area contributed by atoms with Crippen LogP contribution >= 0.6 is 0 Å². The largest absolute Gasteiger partial charge is 0.423 e. The molecule has 0 bridgehead atoms. The molecule has 74 valence electrons. The van der Waals surface area contributed by atoms with E-state index < -0.39 is 0 Å². The molecule has 1 aromatic heterocycles. The molecule has 0 aliphatic heterocycles. The van der Waals surface area contributed by atoms with E-state index in [-0.39, 0.29) is 5.54 Å². The monoisotopic (exact) mass is 185 g/mol. The van der Waals surface area contributed by atoms with Crippen LogP contribution in [0.5, 0.6) is 0 Å². The van der Waals surface area contributed by atoms with E-state index in [2.05, 4.69) is 10.2 Å². The van der Waals surface area contributed by atoms with Crippen molar-refractivity contribution in [2.24, 2.45) is 5.73 Å². The normalized spacial score (nSPS) is 12.0. The molecule has 5 nitrogen and oxygen atoms in total. The summed E-state index contributed by atoms with van der Waals surface area (Å²) in [6, 6.07) is 0. The van der Waals surface area contributed by atoms with Crippen molar-refractivity contribution >= 4 is 0 Å². The lowest BCUT2D eigenvalue weighted by Gasteiger charge is -2.17. The van der Waals surface area contributed by atoms with Crippen molar-refractivity contribution in [3.8, 4) is 0 Å². The number of aromatic nitrogens is 2. The van der Waals surface area contributed by atoms with Gasteiger partial charge in [0.2, 0.25) is 11.8 Å². The number of nitrogens with two attached hydrogens (primary N) is 1.